The molecule has 10 nitrogen and oxygen atoms in total. The summed E-state index contributed by atoms with van der Waals surface area (Å²) in [6.07, 6.45) is 3.24. The van der Waals surface area contributed by atoms with Crippen LogP contribution in [-0.4, -0.2) is 46.2 Å². The molecule has 0 bridgehead atoms. The molecular formula is C13H20N6O4S. The standard InChI is InChI=1S/C13H20N6O4S/c1-4-5-6-19-12(15-16-17-19)9-23-13(20)11-7-10(8-18(11)3)24(21,22)14-2/h7-8,14H,4-6,9H2,1-3H3. The molecule has 132 valence electrons. The zero-order chi connectivity index (χ0) is 17.7. The fourth-order valence-electron chi connectivity index (χ4n) is 2.01. The smallest absolute Gasteiger partial charge is 0.355 e. The Balaban J connectivity index is 2.07. The van der Waals surface area contributed by atoms with E-state index in [-0.39, 0.29) is 17.2 Å². The maximum absolute atomic E-state index is 12.2. The third kappa shape index (κ3) is 3.97. The number of rotatable bonds is 8. The molecule has 24 heavy (non-hydrogen) atoms. The zero-order valence-corrected chi connectivity index (χ0v) is 14.6. The lowest BCUT2D eigenvalue weighted by molar-refractivity contribution is 0.0445. The van der Waals surface area contributed by atoms with Gasteiger partial charge in [-0.1, -0.05) is 13.3 Å². The SMILES string of the molecule is CCCCn1nnnc1COC(=O)c1cc(S(=O)(=O)NC)cn1C. The van der Waals surface area contributed by atoms with Crippen molar-refractivity contribution in [2.24, 2.45) is 7.05 Å². The minimum Gasteiger partial charge on any atom is -0.453 e. The van der Waals surface area contributed by atoms with Crippen molar-refractivity contribution in [2.45, 2.75) is 37.8 Å². The van der Waals surface area contributed by atoms with Crippen LogP contribution >= 0.6 is 0 Å². The Morgan fingerprint density at radius 1 is 1.42 bits per heavy atom. The average Bonchev–Trinajstić information content (AvgIpc) is 3.17. The third-order valence-corrected chi connectivity index (χ3v) is 4.81. The van der Waals surface area contributed by atoms with Crippen LogP contribution in [0.1, 0.15) is 36.1 Å². The van der Waals surface area contributed by atoms with E-state index in [1.807, 2.05) is 0 Å². The lowest BCUT2D eigenvalue weighted by Gasteiger charge is -2.06. The first kappa shape index (κ1) is 18.1. The minimum atomic E-state index is -3.62. The molecule has 2 aromatic heterocycles. The van der Waals surface area contributed by atoms with Gasteiger partial charge < -0.3 is 9.30 Å². The quantitative estimate of drug-likeness (QED) is 0.665. The number of carbonyl (C=O) groups is 1. The fraction of sp³-hybridized carbons (Fsp3) is 0.538. The average molecular weight is 356 g/mol. The highest BCUT2D eigenvalue weighted by Crippen LogP contribution is 2.14. The molecule has 2 heterocycles. The van der Waals surface area contributed by atoms with E-state index in [9.17, 15) is 13.2 Å². The molecule has 1 N–H and O–H groups in total. The third-order valence-electron chi connectivity index (χ3n) is 3.43. The number of unbranched alkanes of at least 4 members (excludes halogenated alkanes) is 1. The zero-order valence-electron chi connectivity index (χ0n) is 13.8. The van der Waals surface area contributed by atoms with Crippen LogP contribution in [0, 0.1) is 0 Å². The predicted octanol–water partition coefficient (Wildman–Crippen LogP) is 0.0768. The van der Waals surface area contributed by atoms with Crippen molar-refractivity contribution in [1.82, 2.24) is 29.5 Å². The largest absolute Gasteiger partial charge is 0.453 e. The van der Waals surface area contributed by atoms with Gasteiger partial charge in [0.25, 0.3) is 0 Å². The summed E-state index contributed by atoms with van der Waals surface area (Å²) in [5.41, 5.74) is 0.122. The lowest BCUT2D eigenvalue weighted by atomic mass is 10.3. The summed E-state index contributed by atoms with van der Waals surface area (Å²) in [6, 6.07) is 1.26. The van der Waals surface area contributed by atoms with E-state index in [2.05, 4.69) is 27.2 Å². The number of hydrogen-bond acceptors (Lipinski definition) is 7. The van der Waals surface area contributed by atoms with Gasteiger partial charge in [0.2, 0.25) is 10.0 Å². The molecule has 0 radical (unpaired) electrons. The van der Waals surface area contributed by atoms with Gasteiger partial charge in [0.1, 0.15) is 10.6 Å². The number of esters is 1. The Morgan fingerprint density at radius 2 is 2.17 bits per heavy atom. The fourth-order valence-corrected chi connectivity index (χ4v) is 2.81. The molecule has 0 saturated carbocycles. The van der Waals surface area contributed by atoms with E-state index < -0.39 is 16.0 Å². The van der Waals surface area contributed by atoms with Gasteiger partial charge in [0, 0.05) is 19.8 Å². The molecule has 2 aromatic rings. The number of nitrogens with one attached hydrogen (secondary N) is 1. The number of ether oxygens (including phenoxy) is 1. The molecule has 0 amide bonds. The summed E-state index contributed by atoms with van der Waals surface area (Å²) in [5, 5.41) is 11.2. The van der Waals surface area contributed by atoms with Crippen molar-refractivity contribution in [1.29, 1.82) is 0 Å². The van der Waals surface area contributed by atoms with Gasteiger partial charge in [-0.2, -0.15) is 0 Å². The number of sulfonamides is 1. The van der Waals surface area contributed by atoms with Crippen LogP contribution in [0.2, 0.25) is 0 Å². The summed E-state index contributed by atoms with van der Waals surface area (Å²) in [5.74, 6) is -0.214. The maximum atomic E-state index is 12.2. The first-order valence-electron chi connectivity index (χ1n) is 7.41. The Hall–Kier alpha value is -2.27. The summed E-state index contributed by atoms with van der Waals surface area (Å²) in [7, 11) is -0.756. The van der Waals surface area contributed by atoms with Gasteiger partial charge in [0.15, 0.2) is 12.4 Å². The van der Waals surface area contributed by atoms with Gasteiger partial charge in [0.05, 0.1) is 0 Å². The molecule has 0 aliphatic carbocycles. The summed E-state index contributed by atoms with van der Waals surface area (Å²) < 4.78 is 33.9. The molecule has 11 heteroatoms. The van der Waals surface area contributed by atoms with E-state index in [1.54, 1.807) is 11.7 Å². The molecule has 2 rings (SSSR count). The van der Waals surface area contributed by atoms with Gasteiger partial charge in [-0.3, -0.25) is 0 Å². The Kier molecular flexibility index (Phi) is 5.67. The van der Waals surface area contributed by atoms with Crippen molar-refractivity contribution in [3.05, 3.63) is 23.8 Å². The minimum absolute atomic E-state index is 0.00720. The van der Waals surface area contributed by atoms with Gasteiger partial charge in [-0.25, -0.2) is 22.6 Å². The lowest BCUT2D eigenvalue weighted by Crippen LogP contribution is -2.17. The van der Waals surface area contributed by atoms with E-state index in [4.69, 9.17) is 4.74 Å². The number of tetrazole rings is 1. The van der Waals surface area contributed by atoms with Crippen molar-refractivity contribution < 1.29 is 17.9 Å². The summed E-state index contributed by atoms with van der Waals surface area (Å²) >= 11 is 0. The number of carbonyl (C=O) groups excluding carboxylic acids is 1. The predicted molar refractivity (Wildman–Crippen MR) is 83.5 cm³/mol. The van der Waals surface area contributed by atoms with Crippen molar-refractivity contribution in [2.75, 3.05) is 7.05 Å². The molecule has 0 fully saturated rings. The van der Waals surface area contributed by atoms with E-state index >= 15 is 0 Å². The van der Waals surface area contributed by atoms with E-state index in [0.717, 1.165) is 12.8 Å². The van der Waals surface area contributed by atoms with Crippen LogP contribution < -0.4 is 4.72 Å². The number of aryl methyl sites for hydroxylation is 2. The van der Waals surface area contributed by atoms with E-state index in [0.29, 0.717) is 12.4 Å². The Morgan fingerprint density at radius 3 is 2.83 bits per heavy atom. The summed E-state index contributed by atoms with van der Waals surface area (Å²) in [4.78, 5) is 12.2. The molecule has 0 aliphatic rings. The topological polar surface area (TPSA) is 121 Å². The molecule has 0 aromatic carbocycles. The first-order chi connectivity index (χ1) is 11.4. The van der Waals surface area contributed by atoms with Crippen LogP contribution in [0.5, 0.6) is 0 Å². The summed E-state index contributed by atoms with van der Waals surface area (Å²) in [6.45, 7) is 2.61. The Labute approximate surface area is 139 Å². The van der Waals surface area contributed by atoms with Crippen molar-refractivity contribution in [3.63, 3.8) is 0 Å². The molecule has 0 spiro atoms. The van der Waals surface area contributed by atoms with E-state index in [1.165, 1.54) is 23.9 Å². The normalized spacial score (nSPS) is 11.6. The highest BCUT2D eigenvalue weighted by Gasteiger charge is 2.20. The van der Waals surface area contributed by atoms with Crippen molar-refractivity contribution in [3.8, 4) is 0 Å². The first-order valence-corrected chi connectivity index (χ1v) is 8.89. The molecule has 0 saturated heterocycles. The number of aromatic nitrogens is 5. The highest BCUT2D eigenvalue weighted by molar-refractivity contribution is 7.89. The number of nitrogens with zero attached hydrogens (tertiary/aromatic N) is 5. The molecular weight excluding hydrogens is 336 g/mol. The second-order valence-electron chi connectivity index (χ2n) is 5.13. The van der Waals surface area contributed by atoms with Gasteiger partial charge >= 0.3 is 5.97 Å². The highest BCUT2D eigenvalue weighted by atomic mass is 32.2. The van der Waals surface area contributed by atoms with Crippen LogP contribution in [0.25, 0.3) is 0 Å². The van der Waals surface area contributed by atoms with Gasteiger partial charge in [-0.05, 0) is 30.0 Å². The van der Waals surface area contributed by atoms with Crippen LogP contribution in [-0.2, 0) is 35.0 Å². The Bertz CT molecular complexity index is 810. The van der Waals surface area contributed by atoms with Crippen LogP contribution in [0.3, 0.4) is 0 Å². The second kappa shape index (κ2) is 7.53. The molecule has 0 atom stereocenters. The monoisotopic (exact) mass is 356 g/mol. The van der Waals surface area contributed by atoms with Crippen LogP contribution in [0.4, 0.5) is 0 Å². The number of hydrogen-bond donors (Lipinski definition) is 1. The second-order valence-corrected chi connectivity index (χ2v) is 7.01. The molecule has 0 unspecified atom stereocenters. The van der Waals surface area contributed by atoms with Crippen LogP contribution in [0.15, 0.2) is 17.2 Å². The van der Waals surface area contributed by atoms with Gasteiger partial charge in [-0.15, -0.1) is 5.10 Å². The van der Waals surface area contributed by atoms with Crippen molar-refractivity contribution >= 4 is 16.0 Å². The maximum Gasteiger partial charge on any atom is 0.355 e. The molecule has 0 aliphatic heterocycles.